The van der Waals surface area contributed by atoms with E-state index in [-0.39, 0.29) is 0 Å². The van der Waals surface area contributed by atoms with E-state index in [1.807, 2.05) is 6.20 Å². The molecule has 1 heterocycles. The molecule has 0 saturated heterocycles. The number of aromatic nitrogens is 1. The van der Waals surface area contributed by atoms with Crippen LogP contribution in [0.1, 0.15) is 51.2 Å². The summed E-state index contributed by atoms with van der Waals surface area (Å²) >= 11 is 0. The summed E-state index contributed by atoms with van der Waals surface area (Å²) in [5, 5.41) is 3.57. The molecule has 1 saturated carbocycles. The van der Waals surface area contributed by atoms with E-state index in [9.17, 15) is 0 Å². The molecule has 90 valence electrons. The molecular formula is C13H22N2O. The van der Waals surface area contributed by atoms with Crippen molar-refractivity contribution in [2.75, 3.05) is 0 Å². The van der Waals surface area contributed by atoms with Gasteiger partial charge in [-0.15, -0.1) is 0 Å². The first-order chi connectivity index (χ1) is 7.79. The summed E-state index contributed by atoms with van der Waals surface area (Å²) in [5.41, 5.74) is 0. The van der Waals surface area contributed by atoms with Crippen molar-refractivity contribution >= 4 is 0 Å². The molecule has 3 heteroatoms. The van der Waals surface area contributed by atoms with Crippen molar-refractivity contribution in [1.29, 1.82) is 0 Å². The molecule has 1 N–H and O–H groups in total. The van der Waals surface area contributed by atoms with Gasteiger partial charge in [0.05, 0.1) is 12.7 Å². The zero-order chi connectivity index (χ0) is 11.4. The van der Waals surface area contributed by atoms with Crippen molar-refractivity contribution in [3.05, 3.63) is 17.8 Å². The van der Waals surface area contributed by atoms with E-state index in [1.165, 1.54) is 25.7 Å². The lowest BCUT2D eigenvalue weighted by Gasteiger charge is -2.29. The van der Waals surface area contributed by atoms with Crippen LogP contribution in [0.15, 0.2) is 10.6 Å². The SMILES string of the molecule is CCc1cnc(CNC2CCCCC2C)o1. The highest BCUT2D eigenvalue weighted by atomic mass is 16.4. The van der Waals surface area contributed by atoms with Crippen LogP contribution < -0.4 is 5.32 Å². The molecule has 1 aromatic heterocycles. The smallest absolute Gasteiger partial charge is 0.208 e. The Morgan fingerprint density at radius 1 is 1.44 bits per heavy atom. The summed E-state index contributed by atoms with van der Waals surface area (Å²) in [5.74, 6) is 2.59. The van der Waals surface area contributed by atoms with Gasteiger partial charge in [-0.25, -0.2) is 4.98 Å². The minimum atomic E-state index is 0.644. The van der Waals surface area contributed by atoms with Gasteiger partial charge in [-0.05, 0) is 18.8 Å². The standard InChI is InChI=1S/C13H22N2O/c1-3-11-8-15-13(16-11)9-14-12-7-5-4-6-10(12)2/h8,10,12,14H,3-7,9H2,1-2H3. The lowest BCUT2D eigenvalue weighted by molar-refractivity contribution is 0.270. The van der Waals surface area contributed by atoms with E-state index in [0.717, 1.165) is 30.5 Å². The van der Waals surface area contributed by atoms with Gasteiger partial charge < -0.3 is 9.73 Å². The Labute approximate surface area is 97.6 Å². The van der Waals surface area contributed by atoms with Crippen molar-refractivity contribution in [3.63, 3.8) is 0 Å². The number of rotatable bonds is 4. The molecule has 1 aliphatic rings. The minimum absolute atomic E-state index is 0.644. The van der Waals surface area contributed by atoms with E-state index in [4.69, 9.17) is 4.42 Å². The van der Waals surface area contributed by atoms with Crippen molar-refractivity contribution < 1.29 is 4.42 Å². The lowest BCUT2D eigenvalue weighted by Crippen LogP contribution is -2.36. The molecule has 16 heavy (non-hydrogen) atoms. The number of aryl methyl sites for hydroxylation is 1. The summed E-state index contributed by atoms with van der Waals surface area (Å²) in [7, 11) is 0. The molecule has 2 rings (SSSR count). The maximum atomic E-state index is 5.59. The Balaban J connectivity index is 1.81. The number of hydrogen-bond acceptors (Lipinski definition) is 3. The van der Waals surface area contributed by atoms with Crippen LogP contribution in [0, 0.1) is 5.92 Å². The van der Waals surface area contributed by atoms with Crippen LogP contribution in [0.4, 0.5) is 0 Å². The van der Waals surface area contributed by atoms with Crippen LogP contribution in [0.5, 0.6) is 0 Å². The van der Waals surface area contributed by atoms with Gasteiger partial charge in [0, 0.05) is 12.5 Å². The average Bonchev–Trinajstić information content (AvgIpc) is 2.76. The Bertz CT molecular complexity index is 321. The number of nitrogens with zero attached hydrogens (tertiary/aromatic N) is 1. The van der Waals surface area contributed by atoms with Crippen LogP contribution in [-0.4, -0.2) is 11.0 Å². The summed E-state index contributed by atoms with van der Waals surface area (Å²) in [6.07, 6.45) is 8.15. The molecule has 2 unspecified atom stereocenters. The number of hydrogen-bond donors (Lipinski definition) is 1. The lowest BCUT2D eigenvalue weighted by atomic mass is 9.86. The topological polar surface area (TPSA) is 38.1 Å². The first-order valence-corrected chi connectivity index (χ1v) is 6.46. The third-order valence-corrected chi connectivity index (χ3v) is 3.58. The summed E-state index contributed by atoms with van der Waals surface area (Å²) in [4.78, 5) is 4.27. The van der Waals surface area contributed by atoms with E-state index < -0.39 is 0 Å². The molecule has 2 atom stereocenters. The summed E-state index contributed by atoms with van der Waals surface area (Å²) in [6, 6.07) is 0.644. The van der Waals surface area contributed by atoms with Gasteiger partial charge in [0.2, 0.25) is 5.89 Å². The number of nitrogens with one attached hydrogen (secondary N) is 1. The van der Waals surface area contributed by atoms with Crippen molar-refractivity contribution in [1.82, 2.24) is 10.3 Å². The third-order valence-electron chi connectivity index (χ3n) is 3.58. The van der Waals surface area contributed by atoms with Gasteiger partial charge in [0.15, 0.2) is 0 Å². The third kappa shape index (κ3) is 2.85. The highest BCUT2D eigenvalue weighted by molar-refractivity contribution is 4.93. The molecule has 0 amide bonds. The fourth-order valence-electron chi connectivity index (χ4n) is 2.43. The normalized spacial score (nSPS) is 25.9. The Morgan fingerprint density at radius 3 is 2.94 bits per heavy atom. The van der Waals surface area contributed by atoms with Crippen LogP contribution in [-0.2, 0) is 13.0 Å². The Hall–Kier alpha value is -0.830. The van der Waals surface area contributed by atoms with E-state index in [2.05, 4.69) is 24.1 Å². The first kappa shape index (κ1) is 11.6. The fraction of sp³-hybridized carbons (Fsp3) is 0.769. The molecule has 0 bridgehead atoms. The van der Waals surface area contributed by atoms with Gasteiger partial charge in [-0.2, -0.15) is 0 Å². The zero-order valence-corrected chi connectivity index (χ0v) is 10.3. The number of oxazole rings is 1. The monoisotopic (exact) mass is 222 g/mol. The molecule has 3 nitrogen and oxygen atoms in total. The van der Waals surface area contributed by atoms with E-state index in [0.29, 0.717) is 6.04 Å². The molecule has 0 aromatic carbocycles. The molecular weight excluding hydrogens is 200 g/mol. The molecule has 0 aliphatic heterocycles. The highest BCUT2D eigenvalue weighted by Crippen LogP contribution is 2.23. The quantitative estimate of drug-likeness (QED) is 0.851. The van der Waals surface area contributed by atoms with Gasteiger partial charge >= 0.3 is 0 Å². The first-order valence-electron chi connectivity index (χ1n) is 6.46. The molecule has 1 aromatic rings. The predicted octanol–water partition coefficient (Wildman–Crippen LogP) is 2.91. The highest BCUT2D eigenvalue weighted by Gasteiger charge is 2.20. The van der Waals surface area contributed by atoms with Crippen molar-refractivity contribution in [2.24, 2.45) is 5.92 Å². The summed E-state index contributed by atoms with van der Waals surface area (Å²) < 4.78 is 5.59. The van der Waals surface area contributed by atoms with Crippen LogP contribution in [0.25, 0.3) is 0 Å². The second-order valence-electron chi connectivity index (χ2n) is 4.82. The molecule has 0 spiro atoms. The van der Waals surface area contributed by atoms with Crippen LogP contribution in [0.2, 0.25) is 0 Å². The van der Waals surface area contributed by atoms with Crippen LogP contribution >= 0.6 is 0 Å². The predicted molar refractivity (Wildman–Crippen MR) is 64.1 cm³/mol. The van der Waals surface area contributed by atoms with E-state index >= 15 is 0 Å². The maximum Gasteiger partial charge on any atom is 0.208 e. The molecule has 1 fully saturated rings. The zero-order valence-electron chi connectivity index (χ0n) is 10.3. The van der Waals surface area contributed by atoms with E-state index in [1.54, 1.807) is 0 Å². The second kappa shape index (κ2) is 5.48. The van der Waals surface area contributed by atoms with Crippen LogP contribution in [0.3, 0.4) is 0 Å². The molecule has 1 aliphatic carbocycles. The largest absolute Gasteiger partial charge is 0.444 e. The van der Waals surface area contributed by atoms with Gasteiger partial charge in [-0.3, -0.25) is 0 Å². The van der Waals surface area contributed by atoms with Gasteiger partial charge in [0.25, 0.3) is 0 Å². The Kier molecular flexibility index (Phi) is 3.99. The van der Waals surface area contributed by atoms with Crippen molar-refractivity contribution in [3.8, 4) is 0 Å². The maximum absolute atomic E-state index is 5.59. The Morgan fingerprint density at radius 2 is 2.25 bits per heavy atom. The fourth-order valence-corrected chi connectivity index (χ4v) is 2.43. The van der Waals surface area contributed by atoms with Gasteiger partial charge in [-0.1, -0.05) is 26.7 Å². The minimum Gasteiger partial charge on any atom is -0.444 e. The second-order valence-corrected chi connectivity index (χ2v) is 4.82. The van der Waals surface area contributed by atoms with Gasteiger partial charge in [0.1, 0.15) is 5.76 Å². The average molecular weight is 222 g/mol. The van der Waals surface area contributed by atoms with Crippen molar-refractivity contribution in [2.45, 2.75) is 58.5 Å². The molecule has 0 radical (unpaired) electrons. The summed E-state index contributed by atoms with van der Waals surface area (Å²) in [6.45, 7) is 5.19.